The van der Waals surface area contributed by atoms with Crippen molar-refractivity contribution >= 4 is 0 Å². The van der Waals surface area contributed by atoms with E-state index >= 15 is 0 Å². The second-order valence-corrected chi connectivity index (χ2v) is 4.76. The van der Waals surface area contributed by atoms with Gasteiger partial charge in [-0.2, -0.15) is 0 Å². The fraction of sp³-hybridized carbons (Fsp3) is 1.00. The maximum Gasteiger partial charge on any atom is 0.0746 e. The second kappa shape index (κ2) is 4.81. The number of rotatable bonds is 4. The summed E-state index contributed by atoms with van der Waals surface area (Å²) in [5.41, 5.74) is 0.158. The van der Waals surface area contributed by atoms with Gasteiger partial charge in [-0.05, 0) is 26.3 Å². The highest BCUT2D eigenvalue weighted by atomic mass is 16.5. The molecule has 0 aromatic heterocycles. The molecule has 1 unspecified atom stereocenters. The molecule has 2 aliphatic rings. The Balaban J connectivity index is 1.78. The molecule has 0 amide bonds. The van der Waals surface area contributed by atoms with Gasteiger partial charge in [0.2, 0.25) is 0 Å². The molecule has 2 fully saturated rings. The van der Waals surface area contributed by atoms with E-state index in [1.807, 2.05) is 0 Å². The average molecular weight is 213 g/mol. The summed E-state index contributed by atoms with van der Waals surface area (Å²) in [4.78, 5) is 0. The zero-order chi connectivity index (χ0) is 10.7. The summed E-state index contributed by atoms with van der Waals surface area (Å²) >= 11 is 0. The first-order valence-corrected chi connectivity index (χ1v) is 6.27. The van der Waals surface area contributed by atoms with Crippen molar-refractivity contribution in [1.29, 1.82) is 0 Å². The van der Waals surface area contributed by atoms with E-state index in [2.05, 4.69) is 19.2 Å². The molecule has 2 rings (SSSR count). The van der Waals surface area contributed by atoms with Crippen LogP contribution in [-0.2, 0) is 9.47 Å². The summed E-state index contributed by atoms with van der Waals surface area (Å²) in [7, 11) is 0. The van der Waals surface area contributed by atoms with Crippen LogP contribution in [0.25, 0.3) is 0 Å². The van der Waals surface area contributed by atoms with Crippen LogP contribution < -0.4 is 5.32 Å². The molecule has 1 spiro atoms. The van der Waals surface area contributed by atoms with E-state index in [0.717, 1.165) is 39.0 Å². The van der Waals surface area contributed by atoms with Crippen LogP contribution in [0.4, 0.5) is 0 Å². The highest BCUT2D eigenvalue weighted by Gasteiger charge is 2.48. The standard InChI is InChI=1S/C12H23NO2/c1-3-13-10-5-6-15-12(7-10)8-11(9-12)14-4-2/h10-11,13H,3-9H2,1-2H3. The molecule has 1 heterocycles. The Hall–Kier alpha value is -0.120. The number of nitrogens with one attached hydrogen (secondary N) is 1. The summed E-state index contributed by atoms with van der Waals surface area (Å²) < 4.78 is 11.5. The van der Waals surface area contributed by atoms with Gasteiger partial charge in [-0.1, -0.05) is 6.92 Å². The molecule has 1 N–H and O–H groups in total. The van der Waals surface area contributed by atoms with Crippen LogP contribution in [0.15, 0.2) is 0 Å². The Kier molecular flexibility index (Phi) is 3.65. The molecule has 1 aliphatic heterocycles. The molecular weight excluding hydrogens is 190 g/mol. The molecule has 0 radical (unpaired) electrons. The lowest BCUT2D eigenvalue weighted by molar-refractivity contribution is -0.193. The van der Waals surface area contributed by atoms with E-state index in [4.69, 9.17) is 9.47 Å². The van der Waals surface area contributed by atoms with E-state index in [9.17, 15) is 0 Å². The topological polar surface area (TPSA) is 30.5 Å². The van der Waals surface area contributed by atoms with Crippen LogP contribution in [0.1, 0.15) is 39.5 Å². The Bertz CT molecular complexity index is 200. The van der Waals surface area contributed by atoms with Gasteiger partial charge in [-0.25, -0.2) is 0 Å². The van der Waals surface area contributed by atoms with Crippen molar-refractivity contribution in [1.82, 2.24) is 5.32 Å². The monoisotopic (exact) mass is 213 g/mol. The van der Waals surface area contributed by atoms with Gasteiger partial charge in [0.15, 0.2) is 0 Å². The maximum atomic E-state index is 5.93. The van der Waals surface area contributed by atoms with Gasteiger partial charge in [0.05, 0.1) is 11.7 Å². The molecule has 1 saturated carbocycles. The summed E-state index contributed by atoms with van der Waals surface area (Å²) in [5, 5.41) is 3.53. The van der Waals surface area contributed by atoms with Gasteiger partial charge in [-0.15, -0.1) is 0 Å². The molecule has 88 valence electrons. The summed E-state index contributed by atoms with van der Waals surface area (Å²) in [6.07, 6.45) is 4.99. The molecule has 0 aromatic rings. The van der Waals surface area contributed by atoms with E-state index in [0.29, 0.717) is 12.1 Å². The van der Waals surface area contributed by atoms with Gasteiger partial charge >= 0.3 is 0 Å². The number of ether oxygens (including phenoxy) is 2. The first-order chi connectivity index (χ1) is 7.28. The van der Waals surface area contributed by atoms with Crippen LogP contribution in [0, 0.1) is 0 Å². The molecule has 3 nitrogen and oxygen atoms in total. The SMILES string of the molecule is CCNC1CCOC2(C1)CC(OCC)C2. The number of hydrogen-bond acceptors (Lipinski definition) is 3. The van der Waals surface area contributed by atoms with Crippen molar-refractivity contribution in [2.45, 2.75) is 57.3 Å². The minimum absolute atomic E-state index is 0.158. The van der Waals surface area contributed by atoms with Crippen LogP contribution >= 0.6 is 0 Å². The van der Waals surface area contributed by atoms with Crippen LogP contribution in [0.2, 0.25) is 0 Å². The highest BCUT2D eigenvalue weighted by molar-refractivity contribution is 5.01. The Morgan fingerprint density at radius 2 is 2.13 bits per heavy atom. The first kappa shape index (κ1) is 11.4. The van der Waals surface area contributed by atoms with E-state index < -0.39 is 0 Å². The summed E-state index contributed by atoms with van der Waals surface area (Å²) in [6.45, 7) is 7.05. The predicted octanol–water partition coefficient (Wildman–Crippen LogP) is 1.71. The average Bonchev–Trinajstić information content (AvgIpc) is 2.17. The molecule has 3 heteroatoms. The predicted molar refractivity (Wildman–Crippen MR) is 60.0 cm³/mol. The van der Waals surface area contributed by atoms with Gasteiger partial charge < -0.3 is 14.8 Å². The lowest BCUT2D eigenvalue weighted by Crippen LogP contribution is -2.56. The molecule has 1 atom stereocenters. The Morgan fingerprint density at radius 3 is 2.80 bits per heavy atom. The Morgan fingerprint density at radius 1 is 1.33 bits per heavy atom. The fourth-order valence-electron chi connectivity index (χ4n) is 2.90. The maximum absolute atomic E-state index is 5.93. The smallest absolute Gasteiger partial charge is 0.0746 e. The third kappa shape index (κ3) is 2.52. The first-order valence-electron chi connectivity index (χ1n) is 6.27. The number of hydrogen-bond donors (Lipinski definition) is 1. The third-order valence-electron chi connectivity index (χ3n) is 3.59. The lowest BCUT2D eigenvalue weighted by atomic mass is 9.71. The molecule has 0 aromatic carbocycles. The van der Waals surface area contributed by atoms with E-state index in [1.54, 1.807) is 0 Å². The van der Waals surface area contributed by atoms with E-state index in [-0.39, 0.29) is 5.60 Å². The van der Waals surface area contributed by atoms with Gasteiger partial charge in [-0.3, -0.25) is 0 Å². The summed E-state index contributed by atoms with van der Waals surface area (Å²) in [5.74, 6) is 0. The normalized spacial score (nSPS) is 40.4. The van der Waals surface area contributed by atoms with Crippen molar-refractivity contribution < 1.29 is 9.47 Å². The third-order valence-corrected chi connectivity index (χ3v) is 3.59. The lowest BCUT2D eigenvalue weighted by Gasteiger charge is -2.51. The van der Waals surface area contributed by atoms with Crippen LogP contribution in [0.3, 0.4) is 0 Å². The second-order valence-electron chi connectivity index (χ2n) is 4.76. The molecule has 0 bridgehead atoms. The largest absolute Gasteiger partial charge is 0.378 e. The molecule has 15 heavy (non-hydrogen) atoms. The summed E-state index contributed by atoms with van der Waals surface area (Å²) in [6, 6.07) is 0.659. The quantitative estimate of drug-likeness (QED) is 0.771. The molecular formula is C12H23NO2. The minimum Gasteiger partial charge on any atom is -0.378 e. The van der Waals surface area contributed by atoms with Gasteiger partial charge in [0.1, 0.15) is 0 Å². The molecule has 1 aliphatic carbocycles. The van der Waals surface area contributed by atoms with Crippen molar-refractivity contribution in [2.75, 3.05) is 19.8 Å². The fourth-order valence-corrected chi connectivity index (χ4v) is 2.90. The zero-order valence-electron chi connectivity index (χ0n) is 9.92. The Labute approximate surface area is 92.5 Å². The van der Waals surface area contributed by atoms with E-state index in [1.165, 1.54) is 6.42 Å². The van der Waals surface area contributed by atoms with Crippen LogP contribution in [0.5, 0.6) is 0 Å². The van der Waals surface area contributed by atoms with Gasteiger partial charge in [0, 0.05) is 32.1 Å². The van der Waals surface area contributed by atoms with Crippen molar-refractivity contribution in [2.24, 2.45) is 0 Å². The van der Waals surface area contributed by atoms with Crippen molar-refractivity contribution in [3.8, 4) is 0 Å². The minimum atomic E-state index is 0.158. The van der Waals surface area contributed by atoms with Crippen molar-refractivity contribution in [3.63, 3.8) is 0 Å². The van der Waals surface area contributed by atoms with Gasteiger partial charge in [0.25, 0.3) is 0 Å². The highest BCUT2D eigenvalue weighted by Crippen LogP contribution is 2.43. The molecule has 1 saturated heterocycles. The zero-order valence-corrected chi connectivity index (χ0v) is 9.92. The van der Waals surface area contributed by atoms with Crippen LogP contribution in [-0.4, -0.2) is 37.5 Å². The van der Waals surface area contributed by atoms with Crippen molar-refractivity contribution in [3.05, 3.63) is 0 Å².